The van der Waals surface area contributed by atoms with E-state index < -0.39 is 11.9 Å². The number of aryl methyl sites for hydroxylation is 2. The Hall–Kier alpha value is -1.83. The Bertz CT molecular complexity index is 641. The summed E-state index contributed by atoms with van der Waals surface area (Å²) in [6.07, 6.45) is -2.60. The molecule has 0 saturated carbocycles. The molecule has 122 valence electrons. The number of halogens is 3. The van der Waals surface area contributed by atoms with E-state index >= 15 is 0 Å². The first-order valence-corrected chi connectivity index (χ1v) is 7.09. The van der Waals surface area contributed by atoms with E-state index in [2.05, 4.69) is 15.5 Å². The first-order valence-electron chi connectivity index (χ1n) is 7.09. The van der Waals surface area contributed by atoms with E-state index in [1.807, 2.05) is 25.5 Å². The van der Waals surface area contributed by atoms with E-state index in [9.17, 15) is 13.2 Å². The maximum atomic E-state index is 12.7. The van der Waals surface area contributed by atoms with Crippen molar-refractivity contribution in [3.8, 4) is 0 Å². The van der Waals surface area contributed by atoms with Gasteiger partial charge in [-0.3, -0.25) is 9.36 Å². The highest BCUT2D eigenvalue weighted by atomic mass is 19.4. The second-order valence-electron chi connectivity index (χ2n) is 5.25. The van der Waals surface area contributed by atoms with Gasteiger partial charge < -0.3 is 5.32 Å². The molecule has 0 aromatic carbocycles. The summed E-state index contributed by atoms with van der Waals surface area (Å²) in [5.41, 5.74) is 1.71. The Morgan fingerprint density at radius 3 is 2.55 bits per heavy atom. The van der Waals surface area contributed by atoms with Crippen molar-refractivity contribution >= 4 is 0 Å². The molecule has 1 N–H and O–H groups in total. The lowest BCUT2D eigenvalue weighted by Crippen LogP contribution is -2.19. The highest BCUT2D eigenvalue weighted by molar-refractivity contribution is 5.20. The van der Waals surface area contributed by atoms with Crippen molar-refractivity contribution in [1.29, 1.82) is 0 Å². The summed E-state index contributed by atoms with van der Waals surface area (Å²) in [4.78, 5) is 0. The fraction of sp³-hybridized carbons (Fsp3) is 0.571. The molecule has 0 spiro atoms. The average molecular weight is 315 g/mol. The van der Waals surface area contributed by atoms with Crippen LogP contribution in [0.2, 0.25) is 0 Å². The first-order chi connectivity index (χ1) is 10.2. The van der Waals surface area contributed by atoms with Crippen LogP contribution in [-0.4, -0.2) is 19.6 Å². The van der Waals surface area contributed by atoms with Gasteiger partial charge in [-0.25, -0.2) is 0 Å². The summed E-state index contributed by atoms with van der Waals surface area (Å²) in [5, 5.41) is 11.4. The molecular formula is C14H20F3N5. The normalized spacial score (nSPS) is 13.6. The van der Waals surface area contributed by atoms with Gasteiger partial charge in [-0.1, -0.05) is 0 Å². The summed E-state index contributed by atoms with van der Waals surface area (Å²) >= 11 is 0. The van der Waals surface area contributed by atoms with Gasteiger partial charge in [0.05, 0.1) is 11.9 Å². The molecule has 0 fully saturated rings. The summed E-state index contributed by atoms with van der Waals surface area (Å²) in [6.45, 7) is 6.99. The number of rotatable bonds is 5. The van der Waals surface area contributed by atoms with E-state index in [4.69, 9.17) is 0 Å². The Morgan fingerprint density at radius 1 is 1.36 bits per heavy atom. The number of nitrogens with zero attached hydrogens (tertiary/aromatic N) is 4. The lowest BCUT2D eigenvalue weighted by atomic mass is 10.1. The molecule has 0 saturated heterocycles. The molecule has 0 bridgehead atoms. The molecular weight excluding hydrogens is 295 g/mol. The van der Waals surface area contributed by atoms with Gasteiger partial charge in [0, 0.05) is 37.4 Å². The molecule has 2 aromatic rings. The van der Waals surface area contributed by atoms with Crippen LogP contribution in [0.15, 0.2) is 12.3 Å². The van der Waals surface area contributed by atoms with Crippen LogP contribution in [0.4, 0.5) is 13.2 Å². The number of hydrogen-bond acceptors (Lipinski definition) is 3. The third-order valence-electron chi connectivity index (χ3n) is 3.72. The number of nitrogens with one attached hydrogen (secondary N) is 1. The third-order valence-corrected chi connectivity index (χ3v) is 3.72. The van der Waals surface area contributed by atoms with Crippen LogP contribution in [0.5, 0.6) is 0 Å². The maximum absolute atomic E-state index is 12.7. The maximum Gasteiger partial charge on any atom is 0.433 e. The zero-order valence-electron chi connectivity index (χ0n) is 13.1. The van der Waals surface area contributed by atoms with Gasteiger partial charge >= 0.3 is 6.18 Å². The molecule has 1 unspecified atom stereocenters. The minimum absolute atomic E-state index is 0.0170. The molecule has 0 aliphatic rings. The predicted molar refractivity (Wildman–Crippen MR) is 76.1 cm³/mol. The molecule has 0 radical (unpaired) electrons. The molecule has 22 heavy (non-hydrogen) atoms. The van der Waals surface area contributed by atoms with Gasteiger partial charge in [0.2, 0.25) is 0 Å². The van der Waals surface area contributed by atoms with Gasteiger partial charge in [-0.2, -0.15) is 23.4 Å². The monoisotopic (exact) mass is 315 g/mol. The zero-order chi connectivity index (χ0) is 16.5. The summed E-state index contributed by atoms with van der Waals surface area (Å²) in [5.74, 6) is 0. The van der Waals surface area contributed by atoms with Crippen molar-refractivity contribution < 1.29 is 13.2 Å². The van der Waals surface area contributed by atoms with Gasteiger partial charge in [0.15, 0.2) is 0 Å². The Morgan fingerprint density at radius 2 is 2.05 bits per heavy atom. The largest absolute Gasteiger partial charge is 0.433 e. The van der Waals surface area contributed by atoms with Crippen LogP contribution in [0.1, 0.15) is 42.5 Å². The van der Waals surface area contributed by atoms with Crippen LogP contribution in [0, 0.1) is 6.92 Å². The number of hydrogen-bond donors (Lipinski definition) is 1. The zero-order valence-corrected chi connectivity index (χ0v) is 13.1. The third kappa shape index (κ3) is 3.32. The Labute approximate surface area is 127 Å². The summed E-state index contributed by atoms with van der Waals surface area (Å²) < 4.78 is 40.9. The van der Waals surface area contributed by atoms with Crippen molar-refractivity contribution in [1.82, 2.24) is 24.9 Å². The molecule has 1 atom stereocenters. The van der Waals surface area contributed by atoms with E-state index in [-0.39, 0.29) is 12.6 Å². The molecule has 2 heterocycles. The van der Waals surface area contributed by atoms with Crippen LogP contribution in [-0.2, 0) is 26.3 Å². The van der Waals surface area contributed by atoms with Crippen LogP contribution < -0.4 is 5.32 Å². The van der Waals surface area contributed by atoms with E-state index in [0.29, 0.717) is 5.69 Å². The molecule has 0 aliphatic heterocycles. The molecule has 0 amide bonds. The standard InChI is InChI=1S/C14H20F3N5/c1-5-22-10(3)12(8-19-22)9(2)18-7-11-6-13(14(15,16)17)21(4)20-11/h6,8-9,18H,5,7H2,1-4H3. The number of aromatic nitrogens is 4. The predicted octanol–water partition coefficient (Wildman–Crippen LogP) is 2.81. The first kappa shape index (κ1) is 16.5. The highest BCUT2D eigenvalue weighted by Gasteiger charge is 2.34. The second kappa shape index (κ2) is 6.12. The molecule has 2 rings (SSSR count). The minimum Gasteiger partial charge on any atom is -0.304 e. The fourth-order valence-corrected chi connectivity index (χ4v) is 2.45. The van der Waals surface area contributed by atoms with Crippen molar-refractivity contribution in [2.24, 2.45) is 7.05 Å². The van der Waals surface area contributed by atoms with Gasteiger partial charge in [-0.15, -0.1) is 0 Å². The second-order valence-corrected chi connectivity index (χ2v) is 5.25. The molecule has 2 aromatic heterocycles. The molecule has 5 nitrogen and oxygen atoms in total. The van der Waals surface area contributed by atoms with Gasteiger partial charge in [0.1, 0.15) is 5.69 Å². The molecule has 0 aliphatic carbocycles. The van der Waals surface area contributed by atoms with Crippen LogP contribution in [0.25, 0.3) is 0 Å². The van der Waals surface area contributed by atoms with Gasteiger partial charge in [0.25, 0.3) is 0 Å². The summed E-state index contributed by atoms with van der Waals surface area (Å²) in [7, 11) is 1.30. The van der Waals surface area contributed by atoms with E-state index in [0.717, 1.165) is 28.6 Å². The van der Waals surface area contributed by atoms with E-state index in [1.54, 1.807) is 6.20 Å². The Balaban J connectivity index is 2.05. The summed E-state index contributed by atoms with van der Waals surface area (Å²) in [6, 6.07) is 1.05. The lowest BCUT2D eigenvalue weighted by molar-refractivity contribution is -0.143. The van der Waals surface area contributed by atoms with Crippen molar-refractivity contribution in [2.45, 2.75) is 46.1 Å². The SMILES string of the molecule is CCn1ncc(C(C)NCc2cc(C(F)(F)F)n(C)n2)c1C. The molecule has 8 heteroatoms. The van der Waals surface area contributed by atoms with Crippen LogP contribution >= 0.6 is 0 Å². The minimum atomic E-state index is -4.38. The quantitative estimate of drug-likeness (QED) is 0.923. The Kier molecular flexibility index (Phi) is 4.60. The van der Waals surface area contributed by atoms with Crippen molar-refractivity contribution in [2.75, 3.05) is 0 Å². The van der Waals surface area contributed by atoms with E-state index in [1.165, 1.54) is 7.05 Å². The smallest absolute Gasteiger partial charge is 0.304 e. The van der Waals surface area contributed by atoms with Gasteiger partial charge in [-0.05, 0) is 26.8 Å². The number of alkyl halides is 3. The lowest BCUT2D eigenvalue weighted by Gasteiger charge is -2.12. The van der Waals surface area contributed by atoms with Crippen molar-refractivity contribution in [3.63, 3.8) is 0 Å². The topological polar surface area (TPSA) is 47.7 Å². The average Bonchev–Trinajstić information content (AvgIpc) is 2.98. The van der Waals surface area contributed by atoms with Crippen molar-refractivity contribution in [3.05, 3.63) is 34.9 Å². The highest BCUT2D eigenvalue weighted by Crippen LogP contribution is 2.29. The van der Waals surface area contributed by atoms with Crippen LogP contribution in [0.3, 0.4) is 0 Å². The fourth-order valence-electron chi connectivity index (χ4n) is 2.45.